The average molecular weight is 359 g/mol. The van der Waals surface area contributed by atoms with Crippen molar-refractivity contribution in [3.8, 4) is 0 Å². The Morgan fingerprint density at radius 3 is 1.42 bits per heavy atom. The molecule has 0 aromatic heterocycles. The maximum atomic E-state index is 12.9. The maximum absolute atomic E-state index is 12.9. The van der Waals surface area contributed by atoms with Gasteiger partial charge in [0.05, 0.1) is 0 Å². The summed E-state index contributed by atoms with van der Waals surface area (Å²) in [6.07, 6.45) is 15.8. The first-order chi connectivity index (χ1) is 12.6. The first-order valence-corrected chi connectivity index (χ1v) is 11.2. The van der Waals surface area contributed by atoms with Gasteiger partial charge in [0, 0.05) is 22.9 Å². The third kappa shape index (κ3) is 2.79. The van der Waals surface area contributed by atoms with Gasteiger partial charge in [-0.05, 0) is 102 Å². The van der Waals surface area contributed by atoms with Crippen molar-refractivity contribution in [2.75, 3.05) is 0 Å². The lowest BCUT2D eigenvalue weighted by molar-refractivity contribution is -0.132. The van der Waals surface area contributed by atoms with Gasteiger partial charge in [-0.1, -0.05) is 0 Å². The van der Waals surface area contributed by atoms with Crippen LogP contribution in [0.3, 0.4) is 0 Å². The molecule has 0 spiro atoms. The second-order valence-electron chi connectivity index (χ2n) is 10.4. The monoisotopic (exact) mass is 358 g/mol. The molecular formula is C22H34N2O2. The number of hydrogen-bond donors (Lipinski definition) is 2. The Morgan fingerprint density at radius 2 is 1.08 bits per heavy atom. The third-order valence-corrected chi connectivity index (χ3v) is 8.79. The molecule has 5 rings (SSSR count). The molecule has 5 saturated carbocycles. The Labute approximate surface area is 157 Å². The number of carbonyl (C=O) groups excluding carboxylic acids is 2. The molecule has 4 bridgehead atoms. The van der Waals surface area contributed by atoms with Crippen LogP contribution >= 0.6 is 0 Å². The molecule has 5 fully saturated rings. The van der Waals surface area contributed by atoms with E-state index < -0.39 is 0 Å². The highest BCUT2D eigenvalue weighted by molar-refractivity contribution is 5.84. The molecule has 4 nitrogen and oxygen atoms in total. The zero-order valence-electron chi connectivity index (χ0n) is 16.0. The van der Waals surface area contributed by atoms with E-state index >= 15 is 0 Å². The van der Waals surface area contributed by atoms with E-state index in [4.69, 9.17) is 0 Å². The molecule has 26 heavy (non-hydrogen) atoms. The van der Waals surface area contributed by atoms with Gasteiger partial charge >= 0.3 is 0 Å². The van der Waals surface area contributed by atoms with Crippen LogP contribution in [0.1, 0.15) is 89.9 Å². The quantitative estimate of drug-likeness (QED) is 0.805. The lowest BCUT2D eigenvalue weighted by atomic mass is 9.81. The highest BCUT2D eigenvalue weighted by Crippen LogP contribution is 2.55. The van der Waals surface area contributed by atoms with Gasteiger partial charge in [0.25, 0.3) is 0 Å². The van der Waals surface area contributed by atoms with Crippen molar-refractivity contribution in [3.63, 3.8) is 0 Å². The van der Waals surface area contributed by atoms with Crippen molar-refractivity contribution in [2.45, 2.75) is 102 Å². The second-order valence-corrected chi connectivity index (χ2v) is 10.4. The van der Waals surface area contributed by atoms with Crippen LogP contribution in [0.4, 0.5) is 0 Å². The summed E-state index contributed by atoms with van der Waals surface area (Å²) in [5, 5.41) is 6.79. The number of rotatable bonds is 4. The minimum absolute atomic E-state index is 0.0392. The van der Waals surface area contributed by atoms with E-state index in [-0.39, 0.29) is 22.9 Å². The highest BCUT2D eigenvalue weighted by atomic mass is 16.2. The molecule has 4 heteroatoms. The van der Waals surface area contributed by atoms with E-state index in [0.29, 0.717) is 11.8 Å². The summed E-state index contributed by atoms with van der Waals surface area (Å²) in [6, 6.07) is 0.515. The molecule has 2 amide bonds. The molecule has 0 aromatic carbocycles. The molecule has 5 aliphatic carbocycles. The van der Waals surface area contributed by atoms with Crippen LogP contribution < -0.4 is 10.6 Å². The molecule has 0 aliphatic heterocycles. The van der Waals surface area contributed by atoms with E-state index in [9.17, 15) is 9.59 Å². The largest absolute Gasteiger partial charge is 0.353 e. The second kappa shape index (κ2) is 6.24. The fourth-order valence-electron chi connectivity index (χ4n) is 7.15. The van der Waals surface area contributed by atoms with Gasteiger partial charge < -0.3 is 10.6 Å². The number of carbonyl (C=O) groups is 2. The number of hydrogen-bond acceptors (Lipinski definition) is 2. The van der Waals surface area contributed by atoms with E-state index in [2.05, 4.69) is 10.6 Å². The van der Waals surface area contributed by atoms with E-state index in [1.807, 2.05) is 0 Å². The molecule has 0 heterocycles. The summed E-state index contributed by atoms with van der Waals surface area (Å²) in [7, 11) is 0. The van der Waals surface area contributed by atoms with Gasteiger partial charge in [-0.2, -0.15) is 0 Å². The van der Waals surface area contributed by atoms with Gasteiger partial charge in [0.15, 0.2) is 0 Å². The summed E-state index contributed by atoms with van der Waals surface area (Å²) < 4.78 is 0. The SMILES string of the molecule is O=C(NC1CCCC(NC(=O)C23CCC(CC2)C3)C1)C12CCC(CC1)C2. The lowest BCUT2D eigenvalue weighted by Gasteiger charge is -2.35. The molecule has 0 saturated heterocycles. The van der Waals surface area contributed by atoms with Crippen molar-refractivity contribution >= 4 is 11.8 Å². The normalized spacial score (nSPS) is 46.5. The van der Waals surface area contributed by atoms with Crippen LogP contribution in [0.25, 0.3) is 0 Å². The Morgan fingerprint density at radius 1 is 0.654 bits per heavy atom. The van der Waals surface area contributed by atoms with Gasteiger partial charge in [-0.3, -0.25) is 9.59 Å². The zero-order chi connectivity index (χ0) is 17.8. The van der Waals surface area contributed by atoms with E-state index in [1.54, 1.807) is 0 Å². The van der Waals surface area contributed by atoms with Crippen molar-refractivity contribution in [1.29, 1.82) is 0 Å². The summed E-state index contributed by atoms with van der Waals surface area (Å²) in [5.41, 5.74) is -0.0783. The number of amides is 2. The molecule has 0 radical (unpaired) electrons. The van der Waals surface area contributed by atoms with Crippen LogP contribution in [-0.2, 0) is 9.59 Å². The zero-order valence-corrected chi connectivity index (χ0v) is 16.0. The summed E-state index contributed by atoms with van der Waals surface area (Å²) >= 11 is 0. The molecule has 144 valence electrons. The summed E-state index contributed by atoms with van der Waals surface area (Å²) in [6.45, 7) is 0. The fourth-order valence-corrected chi connectivity index (χ4v) is 7.15. The first kappa shape index (κ1) is 17.1. The number of nitrogens with one attached hydrogen (secondary N) is 2. The lowest BCUT2D eigenvalue weighted by Crippen LogP contribution is -2.51. The predicted molar refractivity (Wildman–Crippen MR) is 100 cm³/mol. The van der Waals surface area contributed by atoms with Crippen molar-refractivity contribution in [2.24, 2.45) is 22.7 Å². The van der Waals surface area contributed by atoms with Crippen LogP contribution in [0.5, 0.6) is 0 Å². The van der Waals surface area contributed by atoms with Gasteiger partial charge in [0.2, 0.25) is 11.8 Å². The Balaban J connectivity index is 1.16. The number of fused-ring (bicyclic) bond motifs is 4. The van der Waals surface area contributed by atoms with E-state index in [1.165, 1.54) is 25.7 Å². The van der Waals surface area contributed by atoms with Crippen molar-refractivity contribution in [3.05, 3.63) is 0 Å². The van der Waals surface area contributed by atoms with Crippen LogP contribution in [0, 0.1) is 22.7 Å². The molecular weight excluding hydrogens is 324 g/mol. The fraction of sp³-hybridized carbons (Fsp3) is 0.909. The molecule has 2 N–H and O–H groups in total. The predicted octanol–water partition coefficient (Wildman–Crippen LogP) is 3.69. The average Bonchev–Trinajstić information content (AvgIpc) is 3.43. The minimum Gasteiger partial charge on any atom is -0.353 e. The van der Waals surface area contributed by atoms with E-state index in [0.717, 1.165) is 76.0 Å². The summed E-state index contributed by atoms with van der Waals surface area (Å²) in [5.74, 6) is 2.25. The van der Waals surface area contributed by atoms with Crippen LogP contribution in [0.15, 0.2) is 0 Å². The smallest absolute Gasteiger partial charge is 0.226 e. The Kier molecular flexibility index (Phi) is 4.09. The van der Waals surface area contributed by atoms with Crippen LogP contribution in [0.2, 0.25) is 0 Å². The summed E-state index contributed by atoms with van der Waals surface area (Å²) in [4.78, 5) is 25.9. The molecule has 2 unspecified atom stereocenters. The third-order valence-electron chi connectivity index (χ3n) is 8.79. The standard InChI is InChI=1S/C22H34N2O2/c25-19(21-8-4-15(13-21)5-9-21)23-17-2-1-3-18(12-17)24-20(26)22-10-6-16(14-22)7-11-22/h15-18H,1-14H2,(H,23,25)(H,24,26). The Bertz CT molecular complexity index is 535. The Hall–Kier alpha value is -1.06. The van der Waals surface area contributed by atoms with Crippen LogP contribution in [-0.4, -0.2) is 23.9 Å². The molecule has 2 atom stereocenters. The molecule has 5 aliphatic rings. The maximum Gasteiger partial charge on any atom is 0.226 e. The topological polar surface area (TPSA) is 58.2 Å². The van der Waals surface area contributed by atoms with Crippen molar-refractivity contribution in [1.82, 2.24) is 10.6 Å². The van der Waals surface area contributed by atoms with Gasteiger partial charge in [0.1, 0.15) is 0 Å². The van der Waals surface area contributed by atoms with Gasteiger partial charge in [-0.25, -0.2) is 0 Å². The van der Waals surface area contributed by atoms with Crippen molar-refractivity contribution < 1.29 is 9.59 Å². The molecule has 0 aromatic rings. The minimum atomic E-state index is -0.0392. The first-order valence-electron chi connectivity index (χ1n) is 11.2. The van der Waals surface area contributed by atoms with Gasteiger partial charge in [-0.15, -0.1) is 0 Å². The highest BCUT2D eigenvalue weighted by Gasteiger charge is 2.51.